The first kappa shape index (κ1) is 17.9. The molecule has 0 spiro atoms. The van der Waals surface area contributed by atoms with E-state index in [1.54, 1.807) is 6.08 Å². The third-order valence-corrected chi connectivity index (χ3v) is 4.48. The van der Waals surface area contributed by atoms with Crippen LogP contribution in [0, 0.1) is 19.7 Å². The molecule has 0 unspecified atom stereocenters. The van der Waals surface area contributed by atoms with Crippen LogP contribution in [0.3, 0.4) is 0 Å². The first-order valence-corrected chi connectivity index (χ1v) is 8.53. The summed E-state index contributed by atoms with van der Waals surface area (Å²) in [4.78, 5) is 11.7. The highest BCUT2D eigenvalue weighted by Crippen LogP contribution is 2.30. The molecule has 0 aliphatic rings. The van der Waals surface area contributed by atoms with E-state index in [2.05, 4.69) is 10.2 Å². The number of halogens is 1. The number of thioether (sulfide) groups is 1. The van der Waals surface area contributed by atoms with Crippen LogP contribution in [0.2, 0.25) is 0 Å². The largest absolute Gasteiger partial charge is 0.477 e. The molecule has 0 saturated carbocycles. The van der Waals surface area contributed by atoms with Crippen LogP contribution in [0.25, 0.3) is 17.5 Å². The number of nitrogens with zero attached hydrogens (tertiary/aromatic N) is 2. The number of hydrogen-bond donors (Lipinski definition) is 1. The van der Waals surface area contributed by atoms with Gasteiger partial charge in [-0.15, -0.1) is 10.2 Å². The standard InChI is InChI=1S/C19H15FN2O3S/c1-11-3-4-12(2)14(9-11)10-16(18(23)24)26-19-22-21-17(25-19)13-5-7-15(20)8-6-13/h3-10H,1-2H3,(H,23,24)/b16-10+. The Morgan fingerprint density at radius 1 is 1.15 bits per heavy atom. The van der Waals surface area contributed by atoms with Crippen LogP contribution >= 0.6 is 11.8 Å². The zero-order valence-electron chi connectivity index (χ0n) is 14.1. The SMILES string of the molecule is Cc1ccc(C)c(/C=C(/Sc2nnc(-c3ccc(F)cc3)o2)C(=O)O)c1. The first-order chi connectivity index (χ1) is 12.4. The predicted molar refractivity (Wildman–Crippen MR) is 97.1 cm³/mol. The number of hydrogen-bond acceptors (Lipinski definition) is 5. The van der Waals surface area contributed by atoms with Gasteiger partial charge in [0, 0.05) is 5.56 Å². The average molecular weight is 370 g/mol. The molecule has 0 aliphatic heterocycles. The molecule has 0 aliphatic carbocycles. The summed E-state index contributed by atoms with van der Waals surface area (Å²) in [7, 11) is 0. The third-order valence-electron chi connectivity index (χ3n) is 3.63. The van der Waals surface area contributed by atoms with Gasteiger partial charge in [-0.2, -0.15) is 0 Å². The lowest BCUT2D eigenvalue weighted by Gasteiger charge is -2.04. The van der Waals surface area contributed by atoms with Crippen molar-refractivity contribution in [2.45, 2.75) is 19.1 Å². The maximum absolute atomic E-state index is 13.0. The highest BCUT2D eigenvalue weighted by Gasteiger charge is 2.16. The van der Waals surface area contributed by atoms with Crippen LogP contribution in [0.5, 0.6) is 0 Å². The molecule has 0 saturated heterocycles. The second-order valence-corrected chi connectivity index (χ2v) is 6.65. The average Bonchev–Trinajstić information content (AvgIpc) is 3.06. The Morgan fingerprint density at radius 3 is 2.58 bits per heavy atom. The number of carboxylic acid groups (broad SMARTS) is 1. The van der Waals surface area contributed by atoms with Gasteiger partial charge in [0.1, 0.15) is 10.7 Å². The number of aliphatic carboxylic acids is 1. The minimum absolute atomic E-state index is 0.0630. The van der Waals surface area contributed by atoms with E-state index in [1.807, 2.05) is 32.0 Å². The molecule has 3 rings (SSSR count). The van der Waals surface area contributed by atoms with E-state index >= 15 is 0 Å². The number of rotatable bonds is 5. The fourth-order valence-corrected chi connectivity index (χ4v) is 2.91. The van der Waals surface area contributed by atoms with Crippen molar-refractivity contribution < 1.29 is 18.7 Å². The van der Waals surface area contributed by atoms with Crippen LogP contribution in [-0.2, 0) is 4.79 Å². The molecule has 5 nitrogen and oxygen atoms in total. The number of aryl methyl sites for hydroxylation is 2. The van der Waals surface area contributed by atoms with Crippen LogP contribution in [0.1, 0.15) is 16.7 Å². The number of carbonyl (C=O) groups is 1. The Morgan fingerprint density at radius 2 is 1.88 bits per heavy atom. The zero-order valence-corrected chi connectivity index (χ0v) is 14.9. The van der Waals surface area contributed by atoms with Gasteiger partial charge in [0.05, 0.1) is 0 Å². The molecular formula is C19H15FN2O3S. The van der Waals surface area contributed by atoms with E-state index in [9.17, 15) is 14.3 Å². The molecule has 7 heteroatoms. The monoisotopic (exact) mass is 370 g/mol. The Labute approximate surface area is 153 Å². The summed E-state index contributed by atoms with van der Waals surface area (Å²) < 4.78 is 18.5. The fraction of sp³-hybridized carbons (Fsp3) is 0.105. The van der Waals surface area contributed by atoms with E-state index < -0.39 is 5.97 Å². The van der Waals surface area contributed by atoms with E-state index in [4.69, 9.17) is 4.42 Å². The number of benzene rings is 2. The van der Waals surface area contributed by atoms with Crippen molar-refractivity contribution in [3.63, 3.8) is 0 Å². The van der Waals surface area contributed by atoms with Gasteiger partial charge >= 0.3 is 5.97 Å². The van der Waals surface area contributed by atoms with Crippen molar-refractivity contribution in [3.8, 4) is 11.5 Å². The predicted octanol–water partition coefficient (Wildman–Crippen LogP) is 4.71. The van der Waals surface area contributed by atoms with Gasteiger partial charge in [-0.3, -0.25) is 0 Å². The number of aromatic nitrogens is 2. The van der Waals surface area contributed by atoms with E-state index in [0.717, 1.165) is 28.5 Å². The van der Waals surface area contributed by atoms with Gasteiger partial charge in [-0.25, -0.2) is 9.18 Å². The fourth-order valence-electron chi connectivity index (χ4n) is 2.25. The van der Waals surface area contributed by atoms with Crippen molar-refractivity contribution in [1.29, 1.82) is 0 Å². The molecule has 0 amide bonds. The molecule has 0 radical (unpaired) electrons. The Kier molecular flexibility index (Phi) is 5.18. The summed E-state index contributed by atoms with van der Waals surface area (Å²) in [6.07, 6.45) is 1.58. The minimum atomic E-state index is -1.09. The summed E-state index contributed by atoms with van der Waals surface area (Å²) in [5.41, 5.74) is 3.37. The van der Waals surface area contributed by atoms with Gasteiger partial charge in [0.25, 0.3) is 5.22 Å². The molecule has 2 aromatic carbocycles. The van der Waals surface area contributed by atoms with Crippen molar-refractivity contribution in [3.05, 3.63) is 69.9 Å². The highest BCUT2D eigenvalue weighted by molar-refractivity contribution is 8.03. The molecule has 1 N–H and O–H groups in total. The Hall–Kier alpha value is -2.93. The normalized spacial score (nSPS) is 11.6. The molecule has 26 heavy (non-hydrogen) atoms. The first-order valence-electron chi connectivity index (χ1n) is 7.72. The van der Waals surface area contributed by atoms with Gasteiger partial charge in [-0.05, 0) is 67.1 Å². The van der Waals surface area contributed by atoms with E-state index in [0.29, 0.717) is 5.56 Å². The maximum Gasteiger partial charge on any atom is 0.342 e. The van der Waals surface area contributed by atoms with Crippen LogP contribution < -0.4 is 0 Å². The molecule has 0 atom stereocenters. The lowest BCUT2D eigenvalue weighted by atomic mass is 10.1. The molecule has 1 aromatic heterocycles. The van der Waals surface area contributed by atoms with Crippen molar-refractivity contribution in [2.75, 3.05) is 0 Å². The van der Waals surface area contributed by atoms with Crippen LogP contribution in [0.15, 0.2) is 57.0 Å². The van der Waals surface area contributed by atoms with Crippen molar-refractivity contribution in [1.82, 2.24) is 10.2 Å². The maximum atomic E-state index is 13.0. The lowest BCUT2D eigenvalue weighted by molar-refractivity contribution is -0.131. The van der Waals surface area contributed by atoms with E-state index in [1.165, 1.54) is 24.3 Å². The minimum Gasteiger partial charge on any atom is -0.477 e. The van der Waals surface area contributed by atoms with Crippen LogP contribution in [0.4, 0.5) is 4.39 Å². The second kappa shape index (κ2) is 7.53. The Bertz CT molecular complexity index is 981. The zero-order chi connectivity index (χ0) is 18.7. The van der Waals surface area contributed by atoms with Crippen molar-refractivity contribution >= 4 is 23.8 Å². The highest BCUT2D eigenvalue weighted by atomic mass is 32.2. The summed E-state index contributed by atoms with van der Waals surface area (Å²) in [5.74, 6) is -1.26. The van der Waals surface area contributed by atoms with Crippen LogP contribution in [-0.4, -0.2) is 21.3 Å². The second-order valence-electron chi connectivity index (χ2n) is 5.66. The van der Waals surface area contributed by atoms with Crippen molar-refractivity contribution in [2.24, 2.45) is 0 Å². The quantitative estimate of drug-likeness (QED) is 0.518. The van der Waals surface area contributed by atoms with Gasteiger partial charge < -0.3 is 9.52 Å². The number of carboxylic acids is 1. The van der Waals surface area contributed by atoms with Gasteiger partial charge in [0.2, 0.25) is 5.89 Å². The molecule has 3 aromatic rings. The Balaban J connectivity index is 1.87. The summed E-state index contributed by atoms with van der Waals surface area (Å²) >= 11 is 0.872. The third kappa shape index (κ3) is 4.18. The topological polar surface area (TPSA) is 76.2 Å². The molecular weight excluding hydrogens is 355 g/mol. The van der Waals surface area contributed by atoms with Gasteiger partial charge in [0.15, 0.2) is 0 Å². The molecule has 132 valence electrons. The summed E-state index contributed by atoms with van der Waals surface area (Å²) in [5, 5.41) is 17.3. The van der Waals surface area contributed by atoms with E-state index in [-0.39, 0.29) is 21.8 Å². The summed E-state index contributed by atoms with van der Waals surface area (Å²) in [6, 6.07) is 11.4. The van der Waals surface area contributed by atoms with Gasteiger partial charge in [-0.1, -0.05) is 23.8 Å². The molecule has 1 heterocycles. The molecule has 0 fully saturated rings. The summed E-state index contributed by atoms with van der Waals surface area (Å²) in [6.45, 7) is 3.85. The lowest BCUT2D eigenvalue weighted by Crippen LogP contribution is -1.97. The smallest absolute Gasteiger partial charge is 0.342 e. The molecule has 0 bridgehead atoms.